The molecule has 0 unspecified atom stereocenters. The largest absolute Gasteiger partial charge is 0.293 e. The van der Waals surface area contributed by atoms with Crippen LogP contribution in [0.3, 0.4) is 0 Å². The van der Waals surface area contributed by atoms with E-state index in [0.29, 0.717) is 0 Å². The van der Waals surface area contributed by atoms with Gasteiger partial charge in [-0.15, -0.1) is 0 Å². The minimum absolute atomic E-state index is 0.776. The van der Waals surface area contributed by atoms with Gasteiger partial charge in [0.2, 0.25) is 0 Å². The molecule has 1 nitrogen and oxygen atoms in total. The molecule has 6 rings (SSSR count). The van der Waals surface area contributed by atoms with E-state index in [2.05, 4.69) is 186 Å². The molecule has 0 radical (unpaired) electrons. The maximum atomic E-state index is 4.68. The van der Waals surface area contributed by atoms with Crippen LogP contribution < -0.4 is 0 Å². The van der Waals surface area contributed by atoms with Crippen molar-refractivity contribution in [2.75, 3.05) is 7.05 Å². The Kier molecular flexibility index (Phi) is 10.5. The summed E-state index contributed by atoms with van der Waals surface area (Å²) < 4.78 is 0. The van der Waals surface area contributed by atoms with Crippen molar-refractivity contribution >= 4 is 11.3 Å². The quantitative estimate of drug-likeness (QED) is 0.103. The molecule has 0 heterocycles. The van der Waals surface area contributed by atoms with Crippen LogP contribution in [0.15, 0.2) is 157 Å². The predicted molar refractivity (Wildman–Crippen MR) is 217 cm³/mol. The molecule has 6 aromatic carbocycles. The van der Waals surface area contributed by atoms with Crippen LogP contribution in [0.25, 0.3) is 39.0 Å². The number of hydrogen-bond acceptors (Lipinski definition) is 1. The zero-order valence-corrected chi connectivity index (χ0v) is 30.3. The molecule has 6 aromatic rings. The summed E-state index contributed by atoms with van der Waals surface area (Å²) in [6.07, 6.45) is 3.86. The van der Waals surface area contributed by atoms with Gasteiger partial charge >= 0.3 is 0 Å². The number of hydrogen-bond donors (Lipinski definition) is 0. The number of aliphatic imine (C=N–C) groups is 1. The van der Waals surface area contributed by atoms with Gasteiger partial charge in [0.05, 0.1) is 0 Å². The van der Waals surface area contributed by atoms with Crippen LogP contribution in [-0.4, -0.2) is 12.8 Å². The van der Waals surface area contributed by atoms with E-state index >= 15 is 0 Å². The summed E-state index contributed by atoms with van der Waals surface area (Å²) in [6, 6.07) is 48.8. The van der Waals surface area contributed by atoms with Gasteiger partial charge in [-0.1, -0.05) is 140 Å². The Hall–Kier alpha value is -5.53. The topological polar surface area (TPSA) is 12.4 Å². The zero-order chi connectivity index (χ0) is 35.2. The Balaban J connectivity index is 1.67. The van der Waals surface area contributed by atoms with Gasteiger partial charge in [-0.05, 0) is 143 Å². The van der Waals surface area contributed by atoms with E-state index in [0.717, 1.165) is 29.7 Å². The summed E-state index contributed by atoms with van der Waals surface area (Å²) in [5, 5.41) is 0. The third-order valence-electron chi connectivity index (χ3n) is 9.88. The molecule has 0 aliphatic rings. The molecule has 0 aliphatic heterocycles. The molecule has 50 heavy (non-hydrogen) atoms. The summed E-state index contributed by atoms with van der Waals surface area (Å²) >= 11 is 0. The molecule has 0 bridgehead atoms. The Morgan fingerprint density at radius 2 is 1.04 bits per heavy atom. The lowest BCUT2D eigenvalue weighted by Gasteiger charge is -2.23. The number of aryl methyl sites for hydroxylation is 3. The summed E-state index contributed by atoms with van der Waals surface area (Å²) in [6.45, 7) is 15.2. The Labute approximate surface area is 299 Å². The Morgan fingerprint density at radius 3 is 1.62 bits per heavy atom. The van der Waals surface area contributed by atoms with Crippen LogP contribution in [-0.2, 0) is 12.8 Å². The first-order valence-electron chi connectivity index (χ1n) is 17.6. The van der Waals surface area contributed by atoms with Crippen molar-refractivity contribution in [2.24, 2.45) is 4.99 Å². The first kappa shape index (κ1) is 34.3. The monoisotopic (exact) mass is 649 g/mol. The standard InChI is InChI=1S/C49H47N/c1-33(2)28-41(29-38-21-11-8-18-34(38)3)45-26-16-17-27-46(45)48-32-40(37(6)50-7)31-47(43-24-14-10-20-36(43)5)49(48)30-39-22-12-15-25-44(39)42-23-13-9-19-35(42)4/h8-28,31-32H,1,29-30H2,2-7H3/b41-28+,50-37?. The van der Waals surface area contributed by atoms with E-state index in [-0.39, 0.29) is 0 Å². The Bertz CT molecular complexity index is 2240. The van der Waals surface area contributed by atoms with E-state index in [1.54, 1.807) is 0 Å². The van der Waals surface area contributed by atoms with Gasteiger partial charge in [-0.3, -0.25) is 4.99 Å². The van der Waals surface area contributed by atoms with Crippen molar-refractivity contribution in [1.82, 2.24) is 0 Å². The predicted octanol–water partition coefficient (Wildman–Crippen LogP) is 12.8. The van der Waals surface area contributed by atoms with Crippen molar-refractivity contribution in [2.45, 2.75) is 47.5 Å². The van der Waals surface area contributed by atoms with Crippen LogP contribution in [0.2, 0.25) is 0 Å². The van der Waals surface area contributed by atoms with Gasteiger partial charge in [0, 0.05) is 12.8 Å². The maximum absolute atomic E-state index is 4.68. The Morgan fingerprint density at radius 1 is 0.560 bits per heavy atom. The summed E-state index contributed by atoms with van der Waals surface area (Å²) in [5.41, 5.74) is 21.0. The van der Waals surface area contributed by atoms with Crippen LogP contribution in [0.1, 0.15) is 58.4 Å². The highest BCUT2D eigenvalue weighted by atomic mass is 14.7. The minimum atomic E-state index is 0.776. The third kappa shape index (κ3) is 7.38. The number of nitrogens with zero attached hydrogens (tertiary/aromatic N) is 1. The molecule has 0 amide bonds. The molecule has 0 saturated carbocycles. The van der Waals surface area contributed by atoms with E-state index in [1.165, 1.54) is 77.9 Å². The summed E-state index contributed by atoms with van der Waals surface area (Å²) in [4.78, 5) is 4.68. The molecule has 0 saturated heterocycles. The van der Waals surface area contributed by atoms with Crippen LogP contribution >= 0.6 is 0 Å². The molecule has 0 N–H and O–H groups in total. The number of benzene rings is 6. The average Bonchev–Trinajstić information content (AvgIpc) is 3.12. The highest BCUT2D eigenvalue weighted by Crippen LogP contribution is 2.42. The lowest BCUT2D eigenvalue weighted by atomic mass is 9.81. The van der Waals surface area contributed by atoms with Gasteiger partial charge in [0.25, 0.3) is 0 Å². The van der Waals surface area contributed by atoms with Crippen LogP contribution in [0, 0.1) is 20.8 Å². The third-order valence-corrected chi connectivity index (χ3v) is 9.88. The normalized spacial score (nSPS) is 11.9. The smallest absolute Gasteiger partial charge is 0.0386 e. The van der Waals surface area contributed by atoms with Gasteiger partial charge in [-0.2, -0.15) is 0 Å². The second kappa shape index (κ2) is 15.3. The van der Waals surface area contributed by atoms with E-state index in [9.17, 15) is 0 Å². The molecule has 0 aliphatic carbocycles. The second-order valence-electron chi connectivity index (χ2n) is 13.5. The zero-order valence-electron chi connectivity index (χ0n) is 30.3. The maximum Gasteiger partial charge on any atom is 0.0386 e. The van der Waals surface area contributed by atoms with E-state index in [1.807, 2.05) is 7.05 Å². The molecule has 1 heteroatoms. The fourth-order valence-corrected chi connectivity index (χ4v) is 7.09. The molecule has 0 fully saturated rings. The molecular formula is C49H47N. The van der Waals surface area contributed by atoms with Crippen molar-refractivity contribution in [1.29, 1.82) is 0 Å². The molecule has 0 atom stereocenters. The van der Waals surface area contributed by atoms with Gasteiger partial charge < -0.3 is 0 Å². The van der Waals surface area contributed by atoms with Crippen molar-refractivity contribution in [3.05, 3.63) is 196 Å². The van der Waals surface area contributed by atoms with Crippen molar-refractivity contribution < 1.29 is 0 Å². The van der Waals surface area contributed by atoms with Crippen molar-refractivity contribution in [3.8, 4) is 33.4 Å². The summed E-state index contributed by atoms with van der Waals surface area (Å²) in [5.74, 6) is 0. The van der Waals surface area contributed by atoms with Gasteiger partial charge in [0.1, 0.15) is 0 Å². The highest BCUT2D eigenvalue weighted by molar-refractivity contribution is 6.02. The van der Waals surface area contributed by atoms with Gasteiger partial charge in [0.15, 0.2) is 0 Å². The number of allylic oxidation sites excluding steroid dienone is 3. The van der Waals surface area contributed by atoms with E-state index in [4.69, 9.17) is 0 Å². The first-order chi connectivity index (χ1) is 24.2. The SMILES string of the molecule is C=C(C)/C=C(\Cc1ccccc1C)c1ccccc1-c1cc(C(C)=NC)cc(-c2ccccc2C)c1Cc1ccccc1-c1ccccc1C. The second-order valence-corrected chi connectivity index (χ2v) is 13.5. The molecule has 0 aromatic heterocycles. The summed E-state index contributed by atoms with van der Waals surface area (Å²) in [7, 11) is 1.89. The highest BCUT2D eigenvalue weighted by Gasteiger charge is 2.21. The lowest BCUT2D eigenvalue weighted by molar-refractivity contribution is 1.19. The number of rotatable bonds is 10. The van der Waals surface area contributed by atoms with Gasteiger partial charge in [-0.25, -0.2) is 0 Å². The van der Waals surface area contributed by atoms with Crippen LogP contribution in [0.4, 0.5) is 0 Å². The van der Waals surface area contributed by atoms with Crippen molar-refractivity contribution in [3.63, 3.8) is 0 Å². The first-order valence-corrected chi connectivity index (χ1v) is 17.6. The molecule has 248 valence electrons. The average molecular weight is 650 g/mol. The molecular weight excluding hydrogens is 603 g/mol. The fraction of sp³-hybridized carbons (Fsp3) is 0.163. The minimum Gasteiger partial charge on any atom is -0.293 e. The lowest BCUT2D eigenvalue weighted by Crippen LogP contribution is -2.05. The van der Waals surface area contributed by atoms with Crippen LogP contribution in [0.5, 0.6) is 0 Å². The fourth-order valence-electron chi connectivity index (χ4n) is 7.09. The molecule has 0 spiro atoms. The van der Waals surface area contributed by atoms with E-state index < -0.39 is 0 Å².